The summed E-state index contributed by atoms with van der Waals surface area (Å²) < 4.78 is 5.90. The maximum Gasteiger partial charge on any atom is 0.219 e. The van der Waals surface area contributed by atoms with Crippen molar-refractivity contribution >= 4 is 5.91 Å². The summed E-state index contributed by atoms with van der Waals surface area (Å²) in [6.45, 7) is 7.04. The van der Waals surface area contributed by atoms with Crippen molar-refractivity contribution in [3.63, 3.8) is 0 Å². The Bertz CT molecular complexity index is 399. The first kappa shape index (κ1) is 12.1. The number of nitrogens with zero attached hydrogens (tertiary/aromatic N) is 1. The van der Waals surface area contributed by atoms with Gasteiger partial charge < -0.3 is 9.64 Å². The molecular formula is C14H19NO2. The van der Waals surface area contributed by atoms with E-state index in [0.29, 0.717) is 13.1 Å². The average Bonchev–Trinajstić information content (AvgIpc) is 2.29. The van der Waals surface area contributed by atoms with E-state index in [-0.39, 0.29) is 18.1 Å². The lowest BCUT2D eigenvalue weighted by atomic mass is 10.0. The minimum absolute atomic E-state index is 0.00301. The van der Waals surface area contributed by atoms with Crippen LogP contribution in [0.25, 0.3) is 0 Å². The number of aryl methyl sites for hydroxylation is 1. The second-order valence-electron chi connectivity index (χ2n) is 4.77. The second-order valence-corrected chi connectivity index (χ2v) is 4.77. The molecule has 0 saturated carbocycles. The van der Waals surface area contributed by atoms with E-state index in [9.17, 15) is 4.79 Å². The summed E-state index contributed by atoms with van der Waals surface area (Å²) in [7, 11) is 0. The average molecular weight is 233 g/mol. The molecule has 2 rings (SSSR count). The van der Waals surface area contributed by atoms with Gasteiger partial charge in [0.1, 0.15) is 6.10 Å². The quantitative estimate of drug-likeness (QED) is 0.745. The molecule has 17 heavy (non-hydrogen) atoms. The number of morpholine rings is 1. The molecule has 3 nitrogen and oxygen atoms in total. The third kappa shape index (κ3) is 2.86. The normalized spacial score (nSPS) is 24.8. The Morgan fingerprint density at radius 3 is 2.53 bits per heavy atom. The van der Waals surface area contributed by atoms with Crippen LogP contribution in [0.15, 0.2) is 24.3 Å². The van der Waals surface area contributed by atoms with Crippen molar-refractivity contribution in [2.45, 2.75) is 33.0 Å². The van der Waals surface area contributed by atoms with Crippen LogP contribution >= 0.6 is 0 Å². The van der Waals surface area contributed by atoms with Gasteiger partial charge in [0, 0.05) is 13.5 Å². The minimum atomic E-state index is 0.00301. The van der Waals surface area contributed by atoms with E-state index in [4.69, 9.17) is 4.74 Å². The fourth-order valence-electron chi connectivity index (χ4n) is 2.17. The lowest BCUT2D eigenvalue weighted by Gasteiger charge is -2.36. The molecule has 0 aromatic heterocycles. The Labute approximate surface area is 102 Å². The number of hydrogen-bond donors (Lipinski definition) is 0. The number of carbonyl (C=O) groups is 1. The number of hydrogen-bond acceptors (Lipinski definition) is 2. The fraction of sp³-hybridized carbons (Fsp3) is 0.500. The van der Waals surface area contributed by atoms with Gasteiger partial charge in [-0.3, -0.25) is 4.79 Å². The van der Waals surface area contributed by atoms with Crippen molar-refractivity contribution in [2.24, 2.45) is 0 Å². The molecule has 92 valence electrons. The number of carbonyl (C=O) groups excluding carboxylic acids is 1. The molecule has 0 aliphatic carbocycles. The Hall–Kier alpha value is -1.35. The van der Waals surface area contributed by atoms with Gasteiger partial charge in [-0.05, 0) is 19.4 Å². The molecule has 1 saturated heterocycles. The minimum Gasteiger partial charge on any atom is -0.367 e. The van der Waals surface area contributed by atoms with E-state index in [1.807, 2.05) is 11.8 Å². The third-order valence-corrected chi connectivity index (χ3v) is 3.15. The molecule has 1 heterocycles. The molecule has 0 radical (unpaired) electrons. The van der Waals surface area contributed by atoms with Gasteiger partial charge in [0.25, 0.3) is 0 Å². The van der Waals surface area contributed by atoms with Crippen molar-refractivity contribution in [1.82, 2.24) is 4.90 Å². The van der Waals surface area contributed by atoms with Crippen LogP contribution in [0.5, 0.6) is 0 Å². The highest BCUT2D eigenvalue weighted by Gasteiger charge is 2.27. The molecule has 0 N–H and O–H groups in total. The highest BCUT2D eigenvalue weighted by Crippen LogP contribution is 2.25. The first-order valence-corrected chi connectivity index (χ1v) is 6.04. The van der Waals surface area contributed by atoms with Crippen LogP contribution in [-0.4, -0.2) is 30.0 Å². The lowest BCUT2D eigenvalue weighted by Crippen LogP contribution is -2.45. The number of ether oxygens (including phenoxy) is 1. The third-order valence-electron chi connectivity index (χ3n) is 3.15. The van der Waals surface area contributed by atoms with Crippen LogP contribution in [0.3, 0.4) is 0 Å². The molecule has 1 aliphatic rings. The molecule has 1 amide bonds. The zero-order valence-corrected chi connectivity index (χ0v) is 10.6. The largest absolute Gasteiger partial charge is 0.367 e. The predicted octanol–water partition coefficient (Wildman–Crippen LogP) is 2.30. The van der Waals surface area contributed by atoms with Gasteiger partial charge >= 0.3 is 0 Å². The van der Waals surface area contributed by atoms with Crippen LogP contribution in [0.2, 0.25) is 0 Å². The monoisotopic (exact) mass is 233 g/mol. The van der Waals surface area contributed by atoms with E-state index >= 15 is 0 Å². The first-order chi connectivity index (χ1) is 8.06. The van der Waals surface area contributed by atoms with Crippen LogP contribution in [0.1, 0.15) is 31.1 Å². The van der Waals surface area contributed by atoms with Crippen LogP contribution in [-0.2, 0) is 9.53 Å². The summed E-state index contributed by atoms with van der Waals surface area (Å²) in [5.74, 6) is 0.122. The molecule has 1 fully saturated rings. The van der Waals surface area contributed by atoms with Crippen molar-refractivity contribution < 1.29 is 9.53 Å². The molecule has 1 aromatic rings. The summed E-state index contributed by atoms with van der Waals surface area (Å²) >= 11 is 0. The zero-order chi connectivity index (χ0) is 12.4. The summed E-state index contributed by atoms with van der Waals surface area (Å²) in [6, 6.07) is 8.32. The van der Waals surface area contributed by atoms with Gasteiger partial charge in [0.15, 0.2) is 0 Å². The molecule has 1 aliphatic heterocycles. The summed E-state index contributed by atoms with van der Waals surface area (Å²) in [4.78, 5) is 13.3. The van der Waals surface area contributed by atoms with Gasteiger partial charge in [-0.15, -0.1) is 0 Å². The highest BCUT2D eigenvalue weighted by molar-refractivity contribution is 5.73. The summed E-state index contributed by atoms with van der Waals surface area (Å²) in [6.07, 6.45) is 0.0993. The Kier molecular flexibility index (Phi) is 3.48. The predicted molar refractivity (Wildman–Crippen MR) is 66.7 cm³/mol. The highest BCUT2D eigenvalue weighted by atomic mass is 16.5. The molecule has 3 heteroatoms. The molecule has 1 aromatic carbocycles. The smallest absolute Gasteiger partial charge is 0.219 e. The van der Waals surface area contributed by atoms with Crippen LogP contribution < -0.4 is 0 Å². The van der Waals surface area contributed by atoms with E-state index in [1.165, 1.54) is 5.56 Å². The Morgan fingerprint density at radius 1 is 1.29 bits per heavy atom. The van der Waals surface area contributed by atoms with E-state index in [1.54, 1.807) is 6.92 Å². The maximum absolute atomic E-state index is 11.4. The fourth-order valence-corrected chi connectivity index (χ4v) is 2.17. The SMILES string of the molecule is CC(=O)N1C[C@@H](c2ccc(C)cc2)O[C@@H](C)C1. The molecule has 0 bridgehead atoms. The van der Waals surface area contributed by atoms with Crippen molar-refractivity contribution in [3.8, 4) is 0 Å². The maximum atomic E-state index is 11.4. The topological polar surface area (TPSA) is 29.5 Å². The second kappa shape index (κ2) is 4.88. The number of rotatable bonds is 1. The van der Waals surface area contributed by atoms with E-state index in [0.717, 1.165) is 5.56 Å². The van der Waals surface area contributed by atoms with E-state index < -0.39 is 0 Å². The van der Waals surface area contributed by atoms with Crippen molar-refractivity contribution in [3.05, 3.63) is 35.4 Å². The first-order valence-electron chi connectivity index (χ1n) is 6.04. The van der Waals surface area contributed by atoms with Gasteiger partial charge in [-0.1, -0.05) is 29.8 Å². The van der Waals surface area contributed by atoms with Gasteiger partial charge in [0.2, 0.25) is 5.91 Å². The number of amides is 1. The Balaban J connectivity index is 2.15. The standard InChI is InChI=1S/C14H19NO2/c1-10-4-6-13(7-5-10)14-9-15(12(3)16)8-11(2)17-14/h4-7,11,14H,8-9H2,1-3H3/t11-,14-/m0/s1. The summed E-state index contributed by atoms with van der Waals surface area (Å²) in [5.41, 5.74) is 2.38. The Morgan fingerprint density at radius 2 is 1.94 bits per heavy atom. The lowest BCUT2D eigenvalue weighted by molar-refractivity contribution is -0.142. The molecular weight excluding hydrogens is 214 g/mol. The van der Waals surface area contributed by atoms with E-state index in [2.05, 4.69) is 31.2 Å². The molecule has 2 atom stereocenters. The van der Waals surface area contributed by atoms with Gasteiger partial charge in [-0.25, -0.2) is 0 Å². The van der Waals surface area contributed by atoms with Crippen molar-refractivity contribution in [1.29, 1.82) is 0 Å². The molecule has 0 unspecified atom stereocenters. The number of benzene rings is 1. The van der Waals surface area contributed by atoms with Gasteiger partial charge in [0.05, 0.1) is 12.6 Å². The zero-order valence-electron chi connectivity index (χ0n) is 10.6. The molecule has 0 spiro atoms. The van der Waals surface area contributed by atoms with Crippen LogP contribution in [0.4, 0.5) is 0 Å². The summed E-state index contributed by atoms with van der Waals surface area (Å²) in [5, 5.41) is 0. The van der Waals surface area contributed by atoms with Gasteiger partial charge in [-0.2, -0.15) is 0 Å². The van der Waals surface area contributed by atoms with Crippen molar-refractivity contribution in [2.75, 3.05) is 13.1 Å². The van der Waals surface area contributed by atoms with Crippen LogP contribution in [0, 0.1) is 6.92 Å².